The Hall–Kier alpha value is -3.07. The molecule has 4 aliphatic rings. The molecule has 6 atom stereocenters. The summed E-state index contributed by atoms with van der Waals surface area (Å²) in [6.07, 6.45) is 8.51. The van der Waals surface area contributed by atoms with Crippen LogP contribution in [-0.4, -0.2) is 73.9 Å². The molecule has 1 unspecified atom stereocenters. The van der Waals surface area contributed by atoms with Gasteiger partial charge in [0.2, 0.25) is 11.8 Å². The Morgan fingerprint density at radius 2 is 1.71 bits per heavy atom. The summed E-state index contributed by atoms with van der Waals surface area (Å²) in [6.45, 7) is 6.74. The number of fused-ring (bicyclic) bond motifs is 2. The van der Waals surface area contributed by atoms with Crippen LogP contribution >= 0.6 is 23.4 Å². The highest BCUT2D eigenvalue weighted by molar-refractivity contribution is 8.02. The van der Waals surface area contributed by atoms with Crippen molar-refractivity contribution in [3.63, 3.8) is 0 Å². The topological polar surface area (TPSA) is 81.2 Å². The van der Waals surface area contributed by atoms with Crippen LogP contribution < -0.4 is 4.90 Å². The number of carbonyl (C=O) groups excluding carboxylic acids is 3. The summed E-state index contributed by atoms with van der Waals surface area (Å²) in [7, 11) is 0. The first-order valence-corrected chi connectivity index (χ1v) is 15.7. The second-order valence-corrected chi connectivity index (χ2v) is 14.0. The average Bonchev–Trinajstić information content (AvgIpc) is 3.25. The number of carbonyl (C=O) groups is 3. The molecule has 42 heavy (non-hydrogen) atoms. The smallest absolute Gasteiger partial charge is 0.251 e. The fourth-order valence-electron chi connectivity index (χ4n) is 7.43. The summed E-state index contributed by atoms with van der Waals surface area (Å²) in [4.78, 5) is 48.9. The lowest BCUT2D eigenvalue weighted by atomic mass is 9.74. The predicted molar refractivity (Wildman–Crippen MR) is 166 cm³/mol. The van der Waals surface area contributed by atoms with Crippen LogP contribution in [0.15, 0.2) is 72.8 Å². The number of para-hydroxylation sites is 1. The van der Waals surface area contributed by atoms with Crippen LogP contribution in [0.2, 0.25) is 5.02 Å². The first-order chi connectivity index (χ1) is 20.2. The van der Waals surface area contributed by atoms with Gasteiger partial charge in [-0.1, -0.05) is 85.3 Å². The van der Waals surface area contributed by atoms with E-state index in [0.29, 0.717) is 30.2 Å². The van der Waals surface area contributed by atoms with Crippen molar-refractivity contribution in [2.45, 2.75) is 55.3 Å². The van der Waals surface area contributed by atoms with E-state index in [1.165, 1.54) is 0 Å². The Labute approximate surface area is 256 Å². The molecule has 4 heterocycles. The molecular weight excluding hydrogens is 570 g/mol. The van der Waals surface area contributed by atoms with E-state index < -0.39 is 33.4 Å². The maximum atomic E-state index is 14.8. The number of nitrogens with zero attached hydrogens (tertiary/aromatic N) is 3. The van der Waals surface area contributed by atoms with Crippen LogP contribution in [0.25, 0.3) is 0 Å². The average molecular weight is 606 g/mol. The number of hydrogen-bond acceptors (Lipinski definition) is 5. The summed E-state index contributed by atoms with van der Waals surface area (Å²) in [6, 6.07) is 13.9. The number of hydrogen-bond donors (Lipinski definition) is 1. The number of aryl methyl sites for hydroxylation is 1. The maximum Gasteiger partial charge on any atom is 0.251 e. The Bertz CT molecular complexity index is 1460. The Morgan fingerprint density at radius 3 is 2.40 bits per heavy atom. The number of aliphatic hydroxyl groups excluding tert-OH is 1. The van der Waals surface area contributed by atoms with Crippen molar-refractivity contribution >= 4 is 46.8 Å². The lowest BCUT2D eigenvalue weighted by Crippen LogP contribution is -2.57. The molecule has 0 aromatic heterocycles. The van der Waals surface area contributed by atoms with Gasteiger partial charge in [0.15, 0.2) is 0 Å². The largest absolute Gasteiger partial charge is 0.394 e. The molecule has 3 amide bonds. The molecule has 0 saturated carbocycles. The summed E-state index contributed by atoms with van der Waals surface area (Å²) in [5.41, 5.74) is 2.49. The minimum absolute atomic E-state index is 0.0874. The first kappa shape index (κ1) is 29.0. The molecule has 0 bridgehead atoms. The highest BCUT2D eigenvalue weighted by Crippen LogP contribution is 2.66. The third-order valence-corrected chi connectivity index (χ3v) is 11.4. The van der Waals surface area contributed by atoms with E-state index in [-0.39, 0.29) is 30.9 Å². The van der Waals surface area contributed by atoms with Crippen LogP contribution in [0.5, 0.6) is 0 Å². The molecule has 2 fully saturated rings. The van der Waals surface area contributed by atoms with Gasteiger partial charge in [-0.2, -0.15) is 0 Å². The first-order valence-electron chi connectivity index (χ1n) is 14.5. The normalized spacial score (nSPS) is 31.1. The van der Waals surface area contributed by atoms with Crippen molar-refractivity contribution in [3.05, 3.63) is 89.0 Å². The molecule has 4 aliphatic heterocycles. The van der Waals surface area contributed by atoms with Crippen LogP contribution in [0, 0.1) is 18.8 Å². The van der Waals surface area contributed by atoms with Crippen molar-refractivity contribution in [2.75, 3.05) is 24.6 Å². The molecule has 220 valence electrons. The van der Waals surface area contributed by atoms with Crippen molar-refractivity contribution in [1.29, 1.82) is 0 Å². The highest BCUT2D eigenvalue weighted by Gasteiger charge is 2.74. The van der Waals surface area contributed by atoms with E-state index in [2.05, 4.69) is 6.08 Å². The standard InChI is InChI=1S/C33H36ClN3O4S/c1-4-23(20-38)37-28-31(41)36(27-21(2)11-8-14-24(27)34)18-10-16-33(28)26(30(37)40)25-29(39)35(17-9-15-32(25,3)42-33)19-22-12-6-5-7-13-22/h5-16,23,25-26,28,38H,4,17-20H2,1-3H3/t23-,25+,26-,28?,32-,33-/m0/s1. The maximum absolute atomic E-state index is 14.8. The van der Waals surface area contributed by atoms with E-state index in [0.717, 1.165) is 11.1 Å². The SMILES string of the molecule is CC[C@@H](CO)N1C(=O)[C@@H]2[C@@H]3C(=O)N(Cc4ccccc4)CC=C[C@]3(C)S[C@@]23C=CCN(c2c(C)cccc2Cl)C(=O)C13. The van der Waals surface area contributed by atoms with Gasteiger partial charge in [-0.3, -0.25) is 14.4 Å². The van der Waals surface area contributed by atoms with E-state index in [1.54, 1.807) is 27.6 Å². The molecule has 6 rings (SSSR count). The van der Waals surface area contributed by atoms with Gasteiger partial charge in [0.1, 0.15) is 6.04 Å². The highest BCUT2D eigenvalue weighted by atomic mass is 35.5. The third kappa shape index (κ3) is 4.33. The molecule has 2 aromatic rings. The Morgan fingerprint density at radius 1 is 0.976 bits per heavy atom. The zero-order valence-corrected chi connectivity index (χ0v) is 25.6. The lowest BCUT2D eigenvalue weighted by Gasteiger charge is -2.39. The predicted octanol–water partition coefficient (Wildman–Crippen LogP) is 4.61. The van der Waals surface area contributed by atoms with Crippen molar-refractivity contribution in [3.8, 4) is 0 Å². The molecule has 9 heteroatoms. The van der Waals surface area contributed by atoms with E-state index in [9.17, 15) is 19.5 Å². The fraction of sp³-hybridized carbons (Fsp3) is 0.424. The minimum atomic E-state index is -0.990. The Balaban J connectivity index is 1.48. The number of halogens is 1. The monoisotopic (exact) mass is 605 g/mol. The van der Waals surface area contributed by atoms with Crippen molar-refractivity contribution in [1.82, 2.24) is 9.80 Å². The molecule has 2 saturated heterocycles. The van der Waals surface area contributed by atoms with Gasteiger partial charge in [-0.15, -0.1) is 11.8 Å². The second-order valence-electron chi connectivity index (χ2n) is 11.9. The van der Waals surface area contributed by atoms with Crippen molar-refractivity contribution in [2.24, 2.45) is 11.8 Å². The van der Waals surface area contributed by atoms with Gasteiger partial charge < -0.3 is 19.8 Å². The number of benzene rings is 2. The number of rotatable bonds is 6. The van der Waals surface area contributed by atoms with Gasteiger partial charge in [-0.25, -0.2) is 0 Å². The molecule has 0 radical (unpaired) electrons. The van der Waals surface area contributed by atoms with Crippen LogP contribution in [0.4, 0.5) is 5.69 Å². The summed E-state index contributed by atoms with van der Waals surface area (Å²) in [5, 5.41) is 10.9. The van der Waals surface area contributed by atoms with Crippen LogP contribution in [-0.2, 0) is 20.9 Å². The number of aliphatic hydroxyl groups is 1. The zero-order valence-electron chi connectivity index (χ0n) is 24.1. The molecule has 1 spiro atoms. The van der Waals surface area contributed by atoms with E-state index >= 15 is 0 Å². The zero-order chi connectivity index (χ0) is 29.8. The van der Waals surface area contributed by atoms with Gasteiger partial charge in [0.25, 0.3) is 5.91 Å². The molecule has 0 aliphatic carbocycles. The lowest BCUT2D eigenvalue weighted by molar-refractivity contribution is -0.145. The quantitative estimate of drug-likeness (QED) is 0.487. The summed E-state index contributed by atoms with van der Waals surface area (Å²) < 4.78 is -1.69. The number of anilines is 1. The molecule has 1 N–H and O–H groups in total. The number of amides is 3. The fourth-order valence-corrected chi connectivity index (χ4v) is 9.90. The summed E-state index contributed by atoms with van der Waals surface area (Å²) >= 11 is 8.20. The van der Waals surface area contributed by atoms with Gasteiger partial charge >= 0.3 is 0 Å². The summed E-state index contributed by atoms with van der Waals surface area (Å²) in [5.74, 6) is -2.02. The minimum Gasteiger partial charge on any atom is -0.394 e. The number of thioether (sulfide) groups is 1. The second kappa shape index (κ2) is 10.9. The van der Waals surface area contributed by atoms with Crippen molar-refractivity contribution < 1.29 is 19.5 Å². The Kier molecular flexibility index (Phi) is 7.52. The van der Waals surface area contributed by atoms with Gasteiger partial charge in [0, 0.05) is 24.4 Å². The van der Waals surface area contributed by atoms with E-state index in [4.69, 9.17) is 11.6 Å². The molecule has 7 nitrogen and oxygen atoms in total. The van der Waals surface area contributed by atoms with Crippen LogP contribution in [0.1, 0.15) is 31.4 Å². The third-order valence-electron chi connectivity index (χ3n) is 9.33. The molecular formula is C33H36ClN3O4S. The number of likely N-dealkylation sites (tertiary alicyclic amines) is 1. The van der Waals surface area contributed by atoms with Crippen LogP contribution in [0.3, 0.4) is 0 Å². The van der Waals surface area contributed by atoms with Gasteiger partial charge in [-0.05, 0) is 37.5 Å². The van der Waals surface area contributed by atoms with E-state index in [1.807, 2.05) is 86.4 Å². The molecule has 2 aromatic carbocycles. The van der Waals surface area contributed by atoms with Gasteiger partial charge in [0.05, 0.1) is 39.9 Å².